The van der Waals surface area contributed by atoms with Gasteiger partial charge in [-0.15, -0.1) is 0 Å². The van der Waals surface area contributed by atoms with E-state index in [2.05, 4.69) is 10.6 Å². The van der Waals surface area contributed by atoms with Gasteiger partial charge in [-0.2, -0.15) is 0 Å². The molecule has 20 heavy (non-hydrogen) atoms. The lowest BCUT2D eigenvalue weighted by molar-refractivity contribution is -0.148. The van der Waals surface area contributed by atoms with Crippen LogP contribution in [0.5, 0.6) is 0 Å². The van der Waals surface area contributed by atoms with Crippen molar-refractivity contribution < 1.29 is 19.4 Å². The predicted molar refractivity (Wildman–Crippen MR) is 75.6 cm³/mol. The van der Waals surface area contributed by atoms with Crippen molar-refractivity contribution >= 4 is 12.0 Å². The van der Waals surface area contributed by atoms with Gasteiger partial charge < -0.3 is 20.5 Å². The van der Waals surface area contributed by atoms with Crippen LogP contribution in [0.4, 0.5) is 4.79 Å². The first-order valence-corrected chi connectivity index (χ1v) is 7.31. The highest BCUT2D eigenvalue weighted by Crippen LogP contribution is 2.37. The van der Waals surface area contributed by atoms with E-state index in [9.17, 15) is 14.7 Å². The largest absolute Gasteiger partial charge is 0.481 e. The van der Waals surface area contributed by atoms with Crippen LogP contribution in [0.25, 0.3) is 0 Å². The number of amides is 2. The number of carbonyl (C=O) groups is 2. The van der Waals surface area contributed by atoms with E-state index in [1.807, 2.05) is 6.92 Å². The van der Waals surface area contributed by atoms with Crippen molar-refractivity contribution in [2.75, 3.05) is 20.3 Å². The van der Waals surface area contributed by atoms with E-state index in [1.54, 1.807) is 7.11 Å². The van der Waals surface area contributed by atoms with Crippen molar-refractivity contribution in [3.8, 4) is 0 Å². The zero-order chi connectivity index (χ0) is 15.0. The number of nitrogens with one attached hydrogen (secondary N) is 2. The van der Waals surface area contributed by atoms with Gasteiger partial charge in [0.25, 0.3) is 0 Å². The van der Waals surface area contributed by atoms with E-state index < -0.39 is 11.4 Å². The molecule has 6 heteroatoms. The molecule has 0 aliphatic heterocycles. The van der Waals surface area contributed by atoms with Crippen LogP contribution in [-0.4, -0.2) is 43.4 Å². The van der Waals surface area contributed by atoms with Crippen LogP contribution >= 0.6 is 0 Å². The molecule has 1 saturated carbocycles. The SMILES string of the molecule is CCCC(COC)NC(=O)NCC1(C(=O)O)CCCC1. The zero-order valence-electron chi connectivity index (χ0n) is 12.4. The van der Waals surface area contributed by atoms with Gasteiger partial charge in [0, 0.05) is 13.7 Å². The second-order valence-electron chi connectivity index (χ2n) is 5.56. The van der Waals surface area contributed by atoms with Crippen molar-refractivity contribution in [2.45, 2.75) is 51.5 Å². The van der Waals surface area contributed by atoms with Crippen LogP contribution in [0.1, 0.15) is 45.4 Å². The van der Waals surface area contributed by atoms with Crippen molar-refractivity contribution in [1.82, 2.24) is 10.6 Å². The molecule has 0 spiro atoms. The number of methoxy groups -OCH3 is 1. The summed E-state index contributed by atoms with van der Waals surface area (Å²) in [6.07, 6.45) is 4.90. The fourth-order valence-electron chi connectivity index (χ4n) is 2.75. The highest BCUT2D eigenvalue weighted by Gasteiger charge is 2.41. The number of hydrogen-bond donors (Lipinski definition) is 3. The maximum absolute atomic E-state index is 11.9. The average molecular weight is 286 g/mol. The van der Waals surface area contributed by atoms with Crippen LogP contribution in [0, 0.1) is 5.41 Å². The molecule has 1 fully saturated rings. The molecule has 1 unspecified atom stereocenters. The van der Waals surface area contributed by atoms with Crippen molar-refractivity contribution in [1.29, 1.82) is 0 Å². The summed E-state index contributed by atoms with van der Waals surface area (Å²) in [5.74, 6) is -0.808. The number of carboxylic acids is 1. The number of ether oxygens (including phenoxy) is 1. The maximum atomic E-state index is 11.9. The van der Waals surface area contributed by atoms with Gasteiger partial charge in [0.05, 0.1) is 18.1 Å². The lowest BCUT2D eigenvalue weighted by atomic mass is 9.86. The minimum atomic E-state index is -0.808. The Morgan fingerprint density at radius 1 is 1.35 bits per heavy atom. The third-order valence-electron chi connectivity index (χ3n) is 3.94. The van der Waals surface area contributed by atoms with E-state index in [0.29, 0.717) is 19.4 Å². The number of urea groups is 1. The van der Waals surface area contributed by atoms with Gasteiger partial charge >= 0.3 is 12.0 Å². The first-order chi connectivity index (χ1) is 9.54. The number of aliphatic carboxylic acids is 1. The highest BCUT2D eigenvalue weighted by molar-refractivity contribution is 5.78. The molecule has 0 aromatic rings. The molecule has 1 rings (SSSR count). The molecule has 0 aromatic carbocycles. The number of rotatable bonds is 8. The Bertz CT molecular complexity index is 321. The lowest BCUT2D eigenvalue weighted by Crippen LogP contribution is -2.48. The molecule has 1 atom stereocenters. The third kappa shape index (κ3) is 4.67. The molecule has 3 N–H and O–H groups in total. The molecule has 6 nitrogen and oxygen atoms in total. The van der Waals surface area contributed by atoms with E-state index in [-0.39, 0.29) is 18.6 Å². The normalized spacial score (nSPS) is 18.5. The average Bonchev–Trinajstić information content (AvgIpc) is 2.87. The first-order valence-electron chi connectivity index (χ1n) is 7.31. The summed E-state index contributed by atoms with van der Waals surface area (Å²) in [5.41, 5.74) is -0.779. The molecule has 1 aliphatic carbocycles. The summed E-state index contributed by atoms with van der Waals surface area (Å²) in [6.45, 7) is 2.70. The number of hydrogen-bond acceptors (Lipinski definition) is 3. The molecule has 116 valence electrons. The molecular weight excluding hydrogens is 260 g/mol. The molecule has 0 radical (unpaired) electrons. The smallest absolute Gasteiger partial charge is 0.315 e. The van der Waals surface area contributed by atoms with Gasteiger partial charge in [0.1, 0.15) is 0 Å². The van der Waals surface area contributed by atoms with Crippen LogP contribution in [0.15, 0.2) is 0 Å². The quantitative estimate of drug-likeness (QED) is 0.634. The summed E-state index contributed by atoms with van der Waals surface area (Å²) in [5, 5.41) is 14.9. The molecule has 0 bridgehead atoms. The predicted octanol–water partition coefficient (Wildman–Crippen LogP) is 1.75. The van der Waals surface area contributed by atoms with E-state index in [1.165, 1.54) is 0 Å². The maximum Gasteiger partial charge on any atom is 0.315 e. The Morgan fingerprint density at radius 2 is 2.00 bits per heavy atom. The minimum absolute atomic E-state index is 0.0330. The molecular formula is C14H26N2O4. The fourth-order valence-corrected chi connectivity index (χ4v) is 2.75. The summed E-state index contributed by atoms with van der Waals surface area (Å²) in [6, 6.07) is -0.345. The lowest BCUT2D eigenvalue weighted by Gasteiger charge is -2.25. The first kappa shape index (κ1) is 16.8. The molecule has 1 aliphatic rings. The van der Waals surface area contributed by atoms with Crippen LogP contribution in [0.3, 0.4) is 0 Å². The van der Waals surface area contributed by atoms with Crippen LogP contribution in [-0.2, 0) is 9.53 Å². The number of carboxylic acid groups (broad SMARTS) is 1. The Labute approximate surface area is 120 Å². The Kier molecular flexibility index (Phi) is 6.78. The minimum Gasteiger partial charge on any atom is -0.481 e. The summed E-state index contributed by atoms with van der Waals surface area (Å²) in [4.78, 5) is 23.2. The fraction of sp³-hybridized carbons (Fsp3) is 0.857. The summed E-state index contributed by atoms with van der Waals surface area (Å²) < 4.78 is 5.06. The van der Waals surface area contributed by atoms with Gasteiger partial charge in [-0.3, -0.25) is 4.79 Å². The van der Waals surface area contributed by atoms with E-state index in [0.717, 1.165) is 25.7 Å². The molecule has 0 aromatic heterocycles. The highest BCUT2D eigenvalue weighted by atomic mass is 16.5. The van der Waals surface area contributed by atoms with E-state index >= 15 is 0 Å². The summed E-state index contributed by atoms with van der Waals surface area (Å²) in [7, 11) is 1.60. The second-order valence-corrected chi connectivity index (χ2v) is 5.56. The van der Waals surface area contributed by atoms with Crippen molar-refractivity contribution in [2.24, 2.45) is 5.41 Å². The van der Waals surface area contributed by atoms with Gasteiger partial charge in [0.15, 0.2) is 0 Å². The monoisotopic (exact) mass is 286 g/mol. The molecule has 2 amide bonds. The van der Waals surface area contributed by atoms with Gasteiger partial charge in [-0.1, -0.05) is 26.2 Å². The Morgan fingerprint density at radius 3 is 2.50 bits per heavy atom. The molecule has 0 saturated heterocycles. The Balaban J connectivity index is 2.43. The van der Waals surface area contributed by atoms with Crippen molar-refractivity contribution in [3.63, 3.8) is 0 Å². The topological polar surface area (TPSA) is 87.7 Å². The van der Waals surface area contributed by atoms with E-state index in [4.69, 9.17) is 4.74 Å². The van der Waals surface area contributed by atoms with Crippen LogP contribution in [0.2, 0.25) is 0 Å². The van der Waals surface area contributed by atoms with Crippen LogP contribution < -0.4 is 10.6 Å². The number of carbonyl (C=O) groups excluding carboxylic acids is 1. The standard InChI is InChI=1S/C14H26N2O4/c1-3-6-11(9-20-2)16-13(19)15-10-14(12(17)18)7-4-5-8-14/h11H,3-10H2,1-2H3,(H,17,18)(H2,15,16,19). The van der Waals surface area contributed by atoms with Crippen molar-refractivity contribution in [3.05, 3.63) is 0 Å². The third-order valence-corrected chi connectivity index (χ3v) is 3.94. The van der Waals surface area contributed by atoms with Gasteiger partial charge in [0.2, 0.25) is 0 Å². The Hall–Kier alpha value is -1.30. The summed E-state index contributed by atoms with van der Waals surface area (Å²) >= 11 is 0. The van der Waals surface area contributed by atoms with Gasteiger partial charge in [-0.05, 0) is 19.3 Å². The van der Waals surface area contributed by atoms with Gasteiger partial charge in [-0.25, -0.2) is 4.79 Å². The molecule has 0 heterocycles. The second kappa shape index (κ2) is 8.09. The zero-order valence-corrected chi connectivity index (χ0v) is 12.4.